The van der Waals surface area contributed by atoms with Crippen molar-refractivity contribution in [2.75, 3.05) is 31.2 Å². The molecule has 1 radical (unpaired) electrons. The van der Waals surface area contributed by atoms with E-state index in [1.54, 1.807) is 0 Å². The second kappa shape index (κ2) is 13.8. The number of fused-ring (bicyclic) bond motifs is 2. The van der Waals surface area contributed by atoms with Crippen molar-refractivity contribution in [2.24, 2.45) is 11.3 Å². The molecule has 1 aromatic carbocycles. The van der Waals surface area contributed by atoms with Crippen molar-refractivity contribution in [3.63, 3.8) is 0 Å². The fourth-order valence-corrected chi connectivity index (χ4v) is 6.72. The molecule has 3 aliphatic heterocycles. The number of carbonyl (C=O) groups excluding carboxylic acids is 1. The molecule has 1 aromatic rings. The van der Waals surface area contributed by atoms with Gasteiger partial charge >= 0.3 is 7.48 Å². The minimum Gasteiger partial charge on any atom is -0.428 e. The van der Waals surface area contributed by atoms with Gasteiger partial charge in [-0.1, -0.05) is 77.9 Å². The summed E-state index contributed by atoms with van der Waals surface area (Å²) in [6.07, 6.45) is 10.7. The Balaban J connectivity index is 0.000000410. The molecule has 0 N–H and O–H groups in total. The van der Waals surface area contributed by atoms with E-state index >= 15 is 0 Å². The van der Waals surface area contributed by atoms with Crippen molar-refractivity contribution in [3.8, 4) is 0 Å². The molecule has 0 atom stereocenters. The van der Waals surface area contributed by atoms with E-state index in [1.807, 2.05) is 7.48 Å². The van der Waals surface area contributed by atoms with Gasteiger partial charge in [-0.3, -0.25) is 9.69 Å². The second-order valence-electron chi connectivity index (χ2n) is 15.6. The Labute approximate surface area is 269 Å². The summed E-state index contributed by atoms with van der Waals surface area (Å²) in [6, 6.07) is 7.39. The topological polar surface area (TPSA) is 42.0 Å². The largest absolute Gasteiger partial charge is 0.428 e. The summed E-state index contributed by atoms with van der Waals surface area (Å²) in [5.74, 6) is 1.08. The van der Waals surface area contributed by atoms with E-state index in [-0.39, 0.29) is 10.2 Å². The first kappa shape index (κ1) is 34.9. The maximum Gasteiger partial charge on any atom is 0.330 e. The highest BCUT2D eigenvalue weighted by atomic mass is 32.1. The molecule has 1 spiro atoms. The van der Waals surface area contributed by atoms with Gasteiger partial charge in [-0.2, -0.15) is 12.6 Å². The van der Waals surface area contributed by atoms with Crippen LogP contribution in [0.1, 0.15) is 126 Å². The fraction of sp³-hybridized carbons (Fsp3) is 0.806. The van der Waals surface area contributed by atoms with Crippen LogP contribution >= 0.6 is 12.6 Å². The molecule has 4 aliphatic rings. The first-order valence-electron chi connectivity index (χ1n) is 17.2. The molecule has 241 valence electrons. The first-order chi connectivity index (χ1) is 20.2. The Morgan fingerprint density at radius 2 is 1.67 bits per heavy atom. The zero-order valence-electron chi connectivity index (χ0n) is 28.8. The number of benzene rings is 1. The predicted molar refractivity (Wildman–Crippen MR) is 185 cm³/mol. The Morgan fingerprint density at radius 3 is 2.19 bits per heavy atom. The van der Waals surface area contributed by atoms with E-state index < -0.39 is 5.60 Å². The maximum atomic E-state index is 14.1. The summed E-state index contributed by atoms with van der Waals surface area (Å²) in [5, 5.41) is 0. The smallest absolute Gasteiger partial charge is 0.330 e. The summed E-state index contributed by atoms with van der Waals surface area (Å²) in [5.41, 5.74) is 3.15. The molecule has 5 nitrogen and oxygen atoms in total. The monoisotopic (exact) mass is 611 g/mol. The van der Waals surface area contributed by atoms with Crippen LogP contribution in [0, 0.1) is 11.3 Å². The van der Waals surface area contributed by atoms with Crippen molar-refractivity contribution < 1.29 is 14.2 Å². The number of thiol groups is 1. The molecule has 0 bridgehead atoms. The molecule has 0 unspecified atom stereocenters. The van der Waals surface area contributed by atoms with Crippen molar-refractivity contribution in [3.05, 3.63) is 23.8 Å². The number of piperidine rings is 1. The molecule has 3 fully saturated rings. The highest BCUT2D eigenvalue weighted by Gasteiger charge is 2.55. The van der Waals surface area contributed by atoms with Crippen molar-refractivity contribution in [1.29, 1.82) is 0 Å². The van der Waals surface area contributed by atoms with Gasteiger partial charge in [0.25, 0.3) is 0 Å². The van der Waals surface area contributed by atoms with Crippen LogP contribution in [-0.4, -0.2) is 67.0 Å². The molecule has 1 saturated carbocycles. The van der Waals surface area contributed by atoms with Crippen LogP contribution in [0.5, 0.6) is 0 Å². The number of hydrogen-bond acceptors (Lipinski definition) is 5. The lowest BCUT2D eigenvalue weighted by molar-refractivity contribution is -0.128. The number of hydrogen-bond donors (Lipinski definition) is 1. The number of nitrogens with zero attached hydrogens (tertiary/aromatic N) is 2. The molecule has 1 amide bonds. The van der Waals surface area contributed by atoms with E-state index in [4.69, 9.17) is 22.0 Å². The summed E-state index contributed by atoms with van der Waals surface area (Å²) in [6.45, 7) is 23.4. The fourth-order valence-electron chi connectivity index (χ4n) is 6.67. The lowest BCUT2D eigenvalue weighted by Gasteiger charge is -2.45. The molecule has 1 aliphatic carbocycles. The third-order valence-corrected chi connectivity index (χ3v) is 12.0. The van der Waals surface area contributed by atoms with Crippen molar-refractivity contribution >= 4 is 37.2 Å². The second-order valence-corrected chi connectivity index (χ2v) is 16.7. The van der Waals surface area contributed by atoms with Gasteiger partial charge in [0.2, 0.25) is 5.91 Å². The normalized spacial score (nSPS) is 24.2. The van der Waals surface area contributed by atoms with Crippen LogP contribution in [0.3, 0.4) is 0 Å². The Kier molecular flexibility index (Phi) is 11.2. The van der Waals surface area contributed by atoms with E-state index in [0.717, 1.165) is 69.1 Å². The van der Waals surface area contributed by atoms with Crippen LogP contribution in [0.15, 0.2) is 18.2 Å². The number of ether oxygens (including phenoxy) is 1. The van der Waals surface area contributed by atoms with Crippen molar-refractivity contribution in [2.45, 2.75) is 148 Å². The molecular formula is C36H60BN2O3S. The van der Waals surface area contributed by atoms with Gasteiger partial charge < -0.3 is 14.3 Å². The zero-order valence-corrected chi connectivity index (χ0v) is 29.7. The number of unbranched alkanes of at least 4 members (excludes halogenated alkanes) is 1. The molecule has 2 saturated heterocycles. The average molecular weight is 612 g/mol. The highest BCUT2D eigenvalue weighted by molar-refractivity contribution is 7.81. The van der Waals surface area contributed by atoms with Crippen LogP contribution in [-0.2, 0) is 19.6 Å². The van der Waals surface area contributed by atoms with Gasteiger partial charge in [-0.25, -0.2) is 0 Å². The Bertz CT molecular complexity index is 1080. The highest BCUT2D eigenvalue weighted by Crippen LogP contribution is 2.51. The first-order valence-corrected chi connectivity index (χ1v) is 17.7. The maximum absolute atomic E-state index is 14.1. The zero-order chi connectivity index (χ0) is 31.6. The van der Waals surface area contributed by atoms with Crippen LogP contribution in [0.4, 0.5) is 5.69 Å². The number of anilines is 1. The minimum absolute atomic E-state index is 0.285. The predicted octanol–water partition coefficient (Wildman–Crippen LogP) is 7.32. The lowest BCUT2D eigenvalue weighted by atomic mass is 9.72. The SMILES string of the molecule is CCC1CC(N2C(=O)C3(CCN(C4COC4)CC3)c3ccc([B]OC(C)(C)C(C)(C)S)cc32)C1.CCCCC(C)(C)CC. The van der Waals surface area contributed by atoms with Crippen LogP contribution < -0.4 is 10.4 Å². The lowest BCUT2D eigenvalue weighted by Crippen LogP contribution is -2.57. The molecule has 3 heterocycles. The minimum atomic E-state index is -0.424. The van der Waals surface area contributed by atoms with Crippen molar-refractivity contribution in [1.82, 2.24) is 4.90 Å². The Hall–Kier alpha value is -1.02. The van der Waals surface area contributed by atoms with E-state index in [1.165, 1.54) is 37.7 Å². The van der Waals surface area contributed by atoms with Gasteiger partial charge in [0.1, 0.15) is 0 Å². The third-order valence-electron chi connectivity index (χ3n) is 11.5. The number of amides is 1. The van der Waals surface area contributed by atoms with E-state index in [0.29, 0.717) is 23.4 Å². The third kappa shape index (κ3) is 7.52. The van der Waals surface area contributed by atoms with E-state index in [9.17, 15) is 4.79 Å². The number of carbonyl (C=O) groups is 1. The van der Waals surface area contributed by atoms with E-state index in [2.05, 4.69) is 90.3 Å². The van der Waals surface area contributed by atoms with Gasteiger partial charge in [0, 0.05) is 16.5 Å². The van der Waals surface area contributed by atoms with Gasteiger partial charge in [0.05, 0.1) is 30.3 Å². The summed E-state index contributed by atoms with van der Waals surface area (Å²) in [7, 11) is 1.85. The Morgan fingerprint density at radius 1 is 1.02 bits per heavy atom. The average Bonchev–Trinajstić information content (AvgIpc) is 3.13. The molecule has 0 aromatic heterocycles. The molecule has 5 rings (SSSR count). The van der Waals surface area contributed by atoms with Gasteiger partial charge in [-0.05, 0) is 95.9 Å². The molecule has 7 heteroatoms. The number of rotatable bonds is 11. The van der Waals surface area contributed by atoms with Crippen LogP contribution in [0.2, 0.25) is 0 Å². The summed E-state index contributed by atoms with van der Waals surface area (Å²) < 4.78 is 11.3. The summed E-state index contributed by atoms with van der Waals surface area (Å²) in [4.78, 5) is 18.8. The molecule has 43 heavy (non-hydrogen) atoms. The standard InChI is InChI=1S/C27H40BN2O3S.C9H20/c1-6-18-13-20(14-18)30-23-15-19(28-33-25(2,3)26(4,5)34)7-8-22(23)27(24(30)31)9-11-29(12-10-27)21-16-32-17-21;1-5-7-8-9(3,4)6-2/h7-8,15,18,20-21,34H,6,9-14,16-17H2,1-5H3;5-8H2,1-4H3. The summed E-state index contributed by atoms with van der Waals surface area (Å²) >= 11 is 4.73. The van der Waals surface area contributed by atoms with Gasteiger partial charge in [-0.15, -0.1) is 0 Å². The van der Waals surface area contributed by atoms with Crippen LogP contribution in [0.25, 0.3) is 0 Å². The number of likely N-dealkylation sites (tertiary alicyclic amines) is 1. The quantitative estimate of drug-likeness (QED) is 0.210. The molecular weight excluding hydrogens is 551 g/mol. The van der Waals surface area contributed by atoms with Gasteiger partial charge in [0.15, 0.2) is 0 Å².